The van der Waals surface area contributed by atoms with Gasteiger partial charge in [0.05, 0.1) is 22.3 Å². The molecule has 0 aromatic carbocycles. The highest BCUT2D eigenvalue weighted by Crippen LogP contribution is 2.38. The standard InChI is InChI=1S/C33H36FIN6O3/c1-8-26(43)40-20(5)16-39(17-21(40)6)31-22-15-23(34)29(27-24(35-7)11-9-10-12-25(27)42)37-32(22)41(33(44)38-31)30-19(4)13-14-36-28(30)18(2)3/h8,10-15,18,20-21,42H,1,7,9,16-17H2,2-6H3/t20-,21+. The van der Waals surface area contributed by atoms with E-state index in [2.05, 4.69) is 21.1 Å². The molecule has 9 nitrogen and oxygen atoms in total. The van der Waals surface area contributed by atoms with E-state index in [-0.39, 0.29) is 52.4 Å². The number of hydrogen-bond donors (Lipinski definition) is 1. The molecule has 230 valence electrons. The molecule has 1 aliphatic heterocycles. The van der Waals surface area contributed by atoms with Gasteiger partial charge in [-0.1, -0.05) is 57.8 Å². The molecule has 1 fully saturated rings. The van der Waals surface area contributed by atoms with Gasteiger partial charge in [0.25, 0.3) is 0 Å². The lowest BCUT2D eigenvalue weighted by Crippen LogP contribution is -2.58. The van der Waals surface area contributed by atoms with Gasteiger partial charge >= 0.3 is 5.69 Å². The molecule has 2 atom stereocenters. The smallest absolute Gasteiger partial charge is 0.355 e. The Morgan fingerprint density at radius 2 is 1.93 bits per heavy atom. The van der Waals surface area contributed by atoms with Gasteiger partial charge in [0.2, 0.25) is 5.91 Å². The summed E-state index contributed by atoms with van der Waals surface area (Å²) >= 11 is -0.791. The zero-order chi connectivity index (χ0) is 31.9. The Hall–Kier alpha value is -4.00. The quantitative estimate of drug-likeness (QED) is 0.252. The maximum atomic E-state index is 16.3. The third-order valence-corrected chi connectivity index (χ3v) is 9.76. The summed E-state index contributed by atoms with van der Waals surface area (Å²) in [5, 5.41) is 11.3. The third-order valence-electron chi connectivity index (χ3n) is 7.96. The number of amides is 1. The van der Waals surface area contributed by atoms with Crippen LogP contribution in [0.25, 0.3) is 22.3 Å². The monoisotopic (exact) mass is 710 g/mol. The molecule has 0 saturated carbocycles. The minimum Gasteiger partial charge on any atom is -0.507 e. The first-order valence-corrected chi connectivity index (χ1v) is 17.1. The van der Waals surface area contributed by atoms with E-state index in [1.807, 2.05) is 51.7 Å². The fourth-order valence-corrected chi connectivity index (χ4v) is 7.54. The molecule has 0 radical (unpaired) electrons. The molecule has 4 heterocycles. The van der Waals surface area contributed by atoms with Crippen molar-refractivity contribution in [3.63, 3.8) is 0 Å². The topological polar surface area (TPSA) is 104 Å². The maximum absolute atomic E-state index is 16.3. The number of rotatable bonds is 6. The van der Waals surface area contributed by atoms with Gasteiger partial charge in [-0.2, -0.15) is 4.98 Å². The Morgan fingerprint density at radius 1 is 1.23 bits per heavy atom. The van der Waals surface area contributed by atoms with Crippen LogP contribution in [0.15, 0.2) is 63.3 Å². The Balaban J connectivity index is 1.84. The van der Waals surface area contributed by atoms with Crippen molar-refractivity contribution in [1.29, 1.82) is 0 Å². The number of carbonyl (C=O) groups excluding carboxylic acids is 1. The van der Waals surface area contributed by atoms with Crippen LogP contribution in [-0.2, 0) is 4.79 Å². The number of anilines is 1. The van der Waals surface area contributed by atoms with Crippen LogP contribution in [0.5, 0.6) is 0 Å². The van der Waals surface area contributed by atoms with Gasteiger partial charge in [-0.25, -0.2) is 18.7 Å². The first-order valence-electron chi connectivity index (χ1n) is 14.5. The van der Waals surface area contributed by atoms with E-state index in [1.54, 1.807) is 23.2 Å². The average Bonchev–Trinajstić information content (AvgIpc) is 3.17. The predicted octanol–water partition coefficient (Wildman–Crippen LogP) is 5.87. The molecule has 11 heteroatoms. The van der Waals surface area contributed by atoms with Crippen molar-refractivity contribution in [2.75, 3.05) is 18.0 Å². The van der Waals surface area contributed by atoms with Gasteiger partial charge in [0, 0.05) is 34.9 Å². The number of hydrogen-bond acceptors (Lipinski definition) is 7. The summed E-state index contributed by atoms with van der Waals surface area (Å²) in [6, 6.07) is 2.72. The largest absolute Gasteiger partial charge is 0.507 e. The van der Waals surface area contributed by atoms with E-state index in [1.165, 1.54) is 16.7 Å². The lowest BCUT2D eigenvalue weighted by molar-refractivity contribution is -0.130. The van der Waals surface area contributed by atoms with Crippen LogP contribution in [0.1, 0.15) is 57.0 Å². The van der Waals surface area contributed by atoms with Crippen LogP contribution in [0, 0.1) is 12.7 Å². The van der Waals surface area contributed by atoms with Gasteiger partial charge < -0.3 is 14.9 Å². The summed E-state index contributed by atoms with van der Waals surface area (Å²) in [5.74, 6) is -0.675. The van der Waals surface area contributed by atoms with Crippen LogP contribution in [0.2, 0.25) is 0 Å². The van der Waals surface area contributed by atoms with E-state index in [0.29, 0.717) is 36.3 Å². The molecular weight excluding hydrogens is 674 g/mol. The highest BCUT2D eigenvalue weighted by Gasteiger charge is 2.34. The van der Waals surface area contributed by atoms with Crippen molar-refractivity contribution in [1.82, 2.24) is 24.4 Å². The maximum Gasteiger partial charge on any atom is 0.355 e. The van der Waals surface area contributed by atoms with Crippen LogP contribution in [-0.4, -0.2) is 65.1 Å². The predicted molar refractivity (Wildman–Crippen MR) is 182 cm³/mol. The zero-order valence-corrected chi connectivity index (χ0v) is 27.7. The van der Waals surface area contributed by atoms with E-state index in [9.17, 15) is 14.7 Å². The number of piperazine rings is 1. The second-order valence-corrected chi connectivity index (χ2v) is 13.3. The summed E-state index contributed by atoms with van der Waals surface area (Å²) in [5.41, 5.74) is 1.86. The van der Waals surface area contributed by atoms with Crippen LogP contribution in [0.4, 0.5) is 10.2 Å². The number of allylic oxidation sites excluding steroid dienone is 5. The molecule has 3 aromatic rings. The third kappa shape index (κ3) is 5.53. The number of aryl methyl sites for hydroxylation is 1. The van der Waals surface area contributed by atoms with Crippen molar-refractivity contribution in [2.45, 2.75) is 59.0 Å². The van der Waals surface area contributed by atoms with Gasteiger partial charge in [-0.15, -0.1) is 0 Å². The summed E-state index contributed by atoms with van der Waals surface area (Å²) in [7, 11) is 0. The van der Waals surface area contributed by atoms with Gasteiger partial charge in [-0.3, -0.25) is 9.78 Å². The number of carbonyl (C=O) groups is 1. The molecule has 1 amide bonds. The van der Waals surface area contributed by atoms with Crippen LogP contribution >= 0.6 is 20.7 Å². The number of fused-ring (bicyclic) bond motifs is 1. The first kappa shape index (κ1) is 31.4. The highest BCUT2D eigenvalue weighted by atomic mass is 127. The average molecular weight is 711 g/mol. The Labute approximate surface area is 265 Å². The summed E-state index contributed by atoms with van der Waals surface area (Å²) in [6.07, 6.45) is 8.85. The zero-order valence-electron chi connectivity index (χ0n) is 25.5. The lowest BCUT2D eigenvalue weighted by Gasteiger charge is -2.44. The number of aliphatic hydroxyl groups excluding tert-OH is 1. The normalized spacial score (nSPS) is 19.0. The summed E-state index contributed by atoms with van der Waals surface area (Å²) < 4.78 is 22.5. The lowest BCUT2D eigenvalue weighted by atomic mass is 10.0. The van der Waals surface area contributed by atoms with E-state index >= 15 is 4.39 Å². The number of halogens is 2. The molecule has 0 bridgehead atoms. The number of nitrogens with zero attached hydrogens (tertiary/aromatic N) is 6. The molecular formula is C33H36FIN6O3. The van der Waals surface area contributed by atoms with Gasteiger partial charge in [-0.05, 0) is 63.0 Å². The van der Waals surface area contributed by atoms with E-state index in [4.69, 9.17) is 4.98 Å². The van der Waals surface area contributed by atoms with Gasteiger partial charge in [0.1, 0.15) is 17.3 Å². The molecule has 1 aliphatic carbocycles. The fourth-order valence-electron chi connectivity index (χ4n) is 6.06. The molecule has 44 heavy (non-hydrogen) atoms. The molecule has 1 saturated heterocycles. The van der Waals surface area contributed by atoms with Crippen LogP contribution < -0.4 is 10.6 Å². The minimum atomic E-state index is -0.791. The molecule has 0 unspecified atom stereocenters. The minimum absolute atomic E-state index is 0.0344. The Bertz CT molecular complexity index is 1830. The first-order chi connectivity index (χ1) is 21.0. The van der Waals surface area contributed by atoms with E-state index < -0.39 is 32.2 Å². The molecule has 3 aromatic heterocycles. The number of aromatic nitrogens is 4. The van der Waals surface area contributed by atoms with Crippen molar-refractivity contribution in [2.24, 2.45) is 0 Å². The van der Waals surface area contributed by atoms with Gasteiger partial charge in [0.15, 0.2) is 11.5 Å². The second kappa shape index (κ2) is 12.5. The molecule has 0 spiro atoms. The van der Waals surface area contributed by atoms with Crippen molar-refractivity contribution < 1.29 is 14.3 Å². The van der Waals surface area contributed by atoms with E-state index in [0.717, 1.165) is 9.14 Å². The Morgan fingerprint density at radius 3 is 2.57 bits per heavy atom. The summed E-state index contributed by atoms with van der Waals surface area (Å²) in [6.45, 7) is 14.1. The highest BCUT2D eigenvalue weighted by molar-refractivity contribution is 14.2. The van der Waals surface area contributed by atoms with Crippen molar-refractivity contribution in [3.05, 3.63) is 91.8 Å². The summed E-state index contributed by atoms with van der Waals surface area (Å²) in [4.78, 5) is 44.3. The number of aliphatic hydroxyl groups is 1. The van der Waals surface area contributed by atoms with Crippen molar-refractivity contribution in [3.8, 4) is 5.69 Å². The molecule has 5 rings (SSSR count). The van der Waals surface area contributed by atoms with Crippen LogP contribution in [0.3, 0.4) is 0 Å². The number of pyridine rings is 2. The second-order valence-electron chi connectivity index (χ2n) is 11.4. The van der Waals surface area contributed by atoms with Crippen molar-refractivity contribution >= 4 is 53.6 Å². The molecule has 2 aliphatic rings. The fraction of sp³-hybridized carbons (Fsp3) is 0.333. The molecule has 1 N–H and O–H groups in total. The Kier molecular flexibility index (Phi) is 8.96. The SMILES string of the molecule is C=CC(=O)N1[C@H](C)CN(c2nc(=O)n(-c3c(C)ccnc3C(C)C)c3nc(C4=C(O)C=CCC=C4I=C)c(F)cc23)C[C@@H]1C.